The number of nitrogens with one attached hydrogen (secondary N) is 2. The molecule has 2 aromatic rings. The van der Waals surface area contributed by atoms with Crippen LogP contribution in [0.5, 0.6) is 0 Å². The third-order valence-corrected chi connectivity index (χ3v) is 3.01. The smallest absolute Gasteiger partial charge is 0.123 e. The summed E-state index contributed by atoms with van der Waals surface area (Å²) in [4.78, 5) is 7.46. The summed E-state index contributed by atoms with van der Waals surface area (Å²) in [7, 11) is 1.96. The summed E-state index contributed by atoms with van der Waals surface area (Å²) in [6.45, 7) is 4.29. The van der Waals surface area contributed by atoms with Gasteiger partial charge in [-0.15, -0.1) is 0 Å². The Morgan fingerprint density at radius 3 is 2.82 bits per heavy atom. The molecule has 2 N–H and O–H groups in total. The number of nitrogens with zero attached hydrogens (tertiary/aromatic N) is 3. The van der Waals surface area contributed by atoms with Crippen LogP contribution in [0.3, 0.4) is 0 Å². The molecule has 0 saturated heterocycles. The van der Waals surface area contributed by atoms with E-state index in [2.05, 4.69) is 34.2 Å². The molecular weight excluding hydrogens is 214 g/mol. The predicted octanol–water partition coefficient (Wildman–Crippen LogP) is 1.95. The molecule has 17 heavy (non-hydrogen) atoms. The van der Waals surface area contributed by atoms with Gasteiger partial charge in [0, 0.05) is 31.7 Å². The number of hydrogen-bond donors (Lipinski definition) is 2. The Bertz CT molecular complexity index is 445. The van der Waals surface area contributed by atoms with E-state index in [1.54, 1.807) is 6.20 Å². The van der Waals surface area contributed by atoms with Crippen LogP contribution in [0.4, 0.5) is 0 Å². The molecule has 5 nitrogen and oxygen atoms in total. The highest BCUT2D eigenvalue weighted by atomic mass is 15.3. The lowest BCUT2D eigenvalue weighted by atomic mass is 10.1. The quantitative estimate of drug-likeness (QED) is 0.829. The van der Waals surface area contributed by atoms with Crippen molar-refractivity contribution in [3.8, 4) is 0 Å². The summed E-state index contributed by atoms with van der Waals surface area (Å²) in [6.07, 6.45) is 6.46. The van der Waals surface area contributed by atoms with Crippen molar-refractivity contribution in [3.05, 3.63) is 36.2 Å². The van der Waals surface area contributed by atoms with Crippen molar-refractivity contribution in [2.24, 2.45) is 7.05 Å². The molecule has 2 aromatic heterocycles. The lowest BCUT2D eigenvalue weighted by Gasteiger charge is -2.20. The molecular formula is C12H19N5. The van der Waals surface area contributed by atoms with Gasteiger partial charge in [0.2, 0.25) is 0 Å². The Morgan fingerprint density at radius 1 is 1.47 bits per heavy atom. The van der Waals surface area contributed by atoms with Crippen molar-refractivity contribution in [1.82, 2.24) is 25.1 Å². The van der Waals surface area contributed by atoms with E-state index in [4.69, 9.17) is 0 Å². The molecule has 0 aliphatic heterocycles. The van der Waals surface area contributed by atoms with Crippen molar-refractivity contribution in [2.75, 3.05) is 0 Å². The van der Waals surface area contributed by atoms with Gasteiger partial charge >= 0.3 is 0 Å². The zero-order valence-electron chi connectivity index (χ0n) is 10.5. The SMILES string of the molecule is CCC(NC(C)c1ccnn1C)c1ncc[nH]1. The van der Waals surface area contributed by atoms with Gasteiger partial charge in [0.25, 0.3) is 0 Å². The van der Waals surface area contributed by atoms with Crippen molar-refractivity contribution in [2.45, 2.75) is 32.4 Å². The van der Waals surface area contributed by atoms with Gasteiger partial charge in [-0.05, 0) is 19.4 Å². The minimum atomic E-state index is 0.245. The van der Waals surface area contributed by atoms with Gasteiger partial charge in [-0.3, -0.25) is 10.00 Å². The van der Waals surface area contributed by atoms with Gasteiger partial charge in [0.1, 0.15) is 5.82 Å². The molecule has 5 heteroatoms. The maximum Gasteiger partial charge on any atom is 0.123 e. The van der Waals surface area contributed by atoms with Crippen molar-refractivity contribution in [1.29, 1.82) is 0 Å². The molecule has 0 amide bonds. The fraction of sp³-hybridized carbons (Fsp3) is 0.500. The molecule has 0 saturated carbocycles. The molecule has 92 valence electrons. The lowest BCUT2D eigenvalue weighted by molar-refractivity contribution is 0.425. The molecule has 2 heterocycles. The van der Waals surface area contributed by atoms with Crippen LogP contribution in [0.15, 0.2) is 24.7 Å². The van der Waals surface area contributed by atoms with E-state index in [0.29, 0.717) is 0 Å². The fourth-order valence-electron chi connectivity index (χ4n) is 2.05. The first-order valence-electron chi connectivity index (χ1n) is 5.95. The van der Waals surface area contributed by atoms with Crippen molar-refractivity contribution < 1.29 is 0 Å². The van der Waals surface area contributed by atoms with Crippen LogP contribution in [0.1, 0.15) is 43.9 Å². The van der Waals surface area contributed by atoms with E-state index < -0.39 is 0 Å². The van der Waals surface area contributed by atoms with Gasteiger partial charge in [0.05, 0.1) is 11.7 Å². The Balaban J connectivity index is 2.07. The summed E-state index contributed by atoms with van der Waals surface area (Å²) < 4.78 is 1.90. The zero-order valence-corrected chi connectivity index (χ0v) is 10.5. The molecule has 0 bridgehead atoms. The Labute approximate surface area is 101 Å². The number of rotatable bonds is 5. The Kier molecular flexibility index (Phi) is 3.58. The third-order valence-electron chi connectivity index (χ3n) is 3.01. The van der Waals surface area contributed by atoms with Crippen LogP contribution >= 0.6 is 0 Å². The number of H-pyrrole nitrogens is 1. The normalized spacial score (nSPS) is 14.8. The summed E-state index contributed by atoms with van der Waals surface area (Å²) >= 11 is 0. The second-order valence-corrected chi connectivity index (χ2v) is 4.20. The second-order valence-electron chi connectivity index (χ2n) is 4.20. The van der Waals surface area contributed by atoms with Gasteiger partial charge in [-0.1, -0.05) is 6.92 Å². The number of aromatic nitrogens is 4. The molecule has 2 rings (SSSR count). The second kappa shape index (κ2) is 5.14. The molecule has 0 aliphatic rings. The van der Waals surface area contributed by atoms with E-state index in [1.165, 1.54) is 5.69 Å². The average Bonchev–Trinajstić information content (AvgIpc) is 2.96. The minimum Gasteiger partial charge on any atom is -0.347 e. The molecule has 2 atom stereocenters. The highest BCUT2D eigenvalue weighted by Gasteiger charge is 2.17. The summed E-state index contributed by atoms with van der Waals surface area (Å²) in [5.41, 5.74) is 1.18. The first kappa shape index (κ1) is 11.9. The molecule has 0 spiro atoms. The largest absolute Gasteiger partial charge is 0.347 e. The zero-order chi connectivity index (χ0) is 12.3. The molecule has 2 unspecified atom stereocenters. The van der Waals surface area contributed by atoms with Crippen LogP contribution in [0, 0.1) is 0 Å². The molecule has 0 aromatic carbocycles. The lowest BCUT2D eigenvalue weighted by Crippen LogP contribution is -2.26. The van der Waals surface area contributed by atoms with Crippen molar-refractivity contribution in [3.63, 3.8) is 0 Å². The number of aryl methyl sites for hydroxylation is 1. The monoisotopic (exact) mass is 233 g/mol. The molecule has 0 fully saturated rings. The van der Waals surface area contributed by atoms with Crippen LogP contribution in [-0.2, 0) is 7.05 Å². The Morgan fingerprint density at radius 2 is 2.29 bits per heavy atom. The predicted molar refractivity (Wildman–Crippen MR) is 66.4 cm³/mol. The van der Waals surface area contributed by atoms with Crippen molar-refractivity contribution >= 4 is 0 Å². The van der Waals surface area contributed by atoms with Gasteiger partial charge < -0.3 is 4.98 Å². The van der Waals surface area contributed by atoms with E-state index in [9.17, 15) is 0 Å². The fourth-order valence-corrected chi connectivity index (χ4v) is 2.05. The molecule has 0 radical (unpaired) electrons. The van der Waals surface area contributed by atoms with Crippen LogP contribution in [0.25, 0.3) is 0 Å². The van der Waals surface area contributed by atoms with Gasteiger partial charge in [0.15, 0.2) is 0 Å². The highest BCUT2D eigenvalue weighted by Crippen LogP contribution is 2.18. The first-order valence-corrected chi connectivity index (χ1v) is 5.95. The highest BCUT2D eigenvalue weighted by molar-refractivity contribution is 5.07. The topological polar surface area (TPSA) is 58.5 Å². The minimum absolute atomic E-state index is 0.245. The van der Waals surface area contributed by atoms with E-state index >= 15 is 0 Å². The summed E-state index contributed by atoms with van der Waals surface area (Å²) in [6, 6.07) is 2.53. The third kappa shape index (κ3) is 2.55. The maximum atomic E-state index is 4.30. The van der Waals surface area contributed by atoms with Crippen LogP contribution in [0.2, 0.25) is 0 Å². The standard InChI is InChI=1S/C12H19N5/c1-4-10(12-13-7-8-14-12)16-9(2)11-5-6-15-17(11)3/h5-10,16H,4H2,1-3H3,(H,13,14). The average molecular weight is 233 g/mol. The van der Waals surface area contributed by atoms with E-state index in [1.807, 2.05) is 30.2 Å². The van der Waals surface area contributed by atoms with E-state index in [0.717, 1.165) is 12.2 Å². The van der Waals surface area contributed by atoms with Gasteiger partial charge in [-0.2, -0.15) is 5.10 Å². The van der Waals surface area contributed by atoms with Crippen LogP contribution < -0.4 is 5.32 Å². The molecule has 0 aliphatic carbocycles. The maximum absolute atomic E-state index is 4.30. The van der Waals surface area contributed by atoms with Gasteiger partial charge in [-0.25, -0.2) is 4.98 Å². The first-order chi connectivity index (χ1) is 8.22. The summed E-state index contributed by atoms with van der Waals surface area (Å²) in [5, 5.41) is 7.74. The number of aromatic amines is 1. The number of imidazole rings is 1. The van der Waals surface area contributed by atoms with Crippen LogP contribution in [-0.4, -0.2) is 19.7 Å². The Hall–Kier alpha value is -1.62. The number of hydrogen-bond acceptors (Lipinski definition) is 3. The van der Waals surface area contributed by atoms with E-state index in [-0.39, 0.29) is 12.1 Å². The summed E-state index contributed by atoms with van der Waals surface area (Å²) in [5.74, 6) is 0.988.